The Kier molecular flexibility index (Phi) is 4.72. The van der Waals surface area contributed by atoms with Crippen LogP contribution in [-0.4, -0.2) is 32.1 Å². The third-order valence-electron chi connectivity index (χ3n) is 4.12. The van der Waals surface area contributed by atoms with Crippen LogP contribution in [0.2, 0.25) is 0 Å². The van der Waals surface area contributed by atoms with Crippen molar-refractivity contribution in [2.45, 2.75) is 19.9 Å². The molecule has 0 saturated carbocycles. The lowest BCUT2D eigenvalue weighted by Gasteiger charge is -2.09. The standard InChI is InChI=1S/C21H20N6O/c1-13(2)22-21(28)17-12-18(27-26-17)24-20-15-10-6-7-11-16(15)23-19(25-20)14-8-4-3-5-9-14/h3-13H,1-2H3,(H,22,28)(H2,23,24,25,26,27). The first-order valence-electron chi connectivity index (χ1n) is 9.05. The fourth-order valence-corrected chi connectivity index (χ4v) is 2.85. The first kappa shape index (κ1) is 17.7. The van der Waals surface area contributed by atoms with Gasteiger partial charge in [0.25, 0.3) is 5.91 Å². The number of aromatic amines is 1. The summed E-state index contributed by atoms with van der Waals surface area (Å²) in [5.74, 6) is 1.62. The van der Waals surface area contributed by atoms with Gasteiger partial charge >= 0.3 is 0 Å². The van der Waals surface area contributed by atoms with Crippen LogP contribution >= 0.6 is 0 Å². The largest absolute Gasteiger partial charge is 0.348 e. The number of hydrogen-bond donors (Lipinski definition) is 3. The molecule has 7 nitrogen and oxygen atoms in total. The van der Waals surface area contributed by atoms with Gasteiger partial charge < -0.3 is 10.6 Å². The highest BCUT2D eigenvalue weighted by Gasteiger charge is 2.14. The van der Waals surface area contributed by atoms with Crippen LogP contribution in [0.5, 0.6) is 0 Å². The van der Waals surface area contributed by atoms with Crippen molar-refractivity contribution >= 4 is 28.4 Å². The summed E-state index contributed by atoms with van der Waals surface area (Å²) in [5, 5.41) is 13.9. The summed E-state index contributed by atoms with van der Waals surface area (Å²) in [5.41, 5.74) is 2.08. The zero-order chi connectivity index (χ0) is 19.5. The van der Waals surface area contributed by atoms with Crippen LogP contribution in [0.25, 0.3) is 22.3 Å². The van der Waals surface area contributed by atoms with Gasteiger partial charge in [0.2, 0.25) is 0 Å². The lowest BCUT2D eigenvalue weighted by atomic mass is 10.2. The number of benzene rings is 2. The minimum absolute atomic E-state index is 0.0415. The van der Waals surface area contributed by atoms with E-state index < -0.39 is 0 Å². The molecule has 2 heterocycles. The zero-order valence-corrected chi connectivity index (χ0v) is 15.6. The number of nitrogens with zero attached hydrogens (tertiary/aromatic N) is 3. The summed E-state index contributed by atoms with van der Waals surface area (Å²) in [6, 6.07) is 19.3. The van der Waals surface area contributed by atoms with E-state index >= 15 is 0 Å². The molecule has 0 atom stereocenters. The molecular formula is C21H20N6O. The summed E-state index contributed by atoms with van der Waals surface area (Å²) in [4.78, 5) is 21.5. The van der Waals surface area contributed by atoms with Gasteiger partial charge in [-0.1, -0.05) is 42.5 Å². The van der Waals surface area contributed by atoms with Crippen LogP contribution in [0.4, 0.5) is 11.6 Å². The van der Waals surface area contributed by atoms with Crippen LogP contribution in [0.15, 0.2) is 60.7 Å². The Morgan fingerprint density at radius 2 is 1.75 bits per heavy atom. The summed E-state index contributed by atoms with van der Waals surface area (Å²) in [7, 11) is 0. The molecule has 2 aromatic heterocycles. The number of nitrogens with one attached hydrogen (secondary N) is 3. The van der Waals surface area contributed by atoms with E-state index in [0.717, 1.165) is 16.5 Å². The van der Waals surface area contributed by atoms with Gasteiger partial charge in [-0.25, -0.2) is 9.97 Å². The first-order chi connectivity index (χ1) is 13.6. The molecule has 0 fully saturated rings. The predicted molar refractivity (Wildman–Crippen MR) is 109 cm³/mol. The third-order valence-corrected chi connectivity index (χ3v) is 4.12. The second-order valence-corrected chi connectivity index (χ2v) is 6.70. The van der Waals surface area contributed by atoms with Gasteiger partial charge in [0.1, 0.15) is 11.6 Å². The molecule has 1 amide bonds. The molecule has 28 heavy (non-hydrogen) atoms. The maximum atomic E-state index is 12.1. The summed E-state index contributed by atoms with van der Waals surface area (Å²) in [6.45, 7) is 3.81. The zero-order valence-electron chi connectivity index (χ0n) is 15.6. The van der Waals surface area contributed by atoms with Gasteiger partial charge in [-0.05, 0) is 26.0 Å². The van der Waals surface area contributed by atoms with Crippen LogP contribution in [0.3, 0.4) is 0 Å². The molecule has 0 unspecified atom stereocenters. The summed E-state index contributed by atoms with van der Waals surface area (Å²) in [6.07, 6.45) is 0. The summed E-state index contributed by atoms with van der Waals surface area (Å²) < 4.78 is 0. The van der Waals surface area contributed by atoms with Crippen molar-refractivity contribution in [3.05, 3.63) is 66.4 Å². The monoisotopic (exact) mass is 372 g/mol. The molecule has 0 aliphatic rings. The molecule has 140 valence electrons. The maximum absolute atomic E-state index is 12.1. The Morgan fingerprint density at radius 1 is 1.00 bits per heavy atom. The molecule has 4 rings (SSSR count). The SMILES string of the molecule is CC(C)NC(=O)c1cc(Nc2nc(-c3ccccc3)nc3ccccc23)[nH]n1. The lowest BCUT2D eigenvalue weighted by Crippen LogP contribution is -2.30. The van der Waals surface area contributed by atoms with E-state index in [1.807, 2.05) is 68.4 Å². The number of fused-ring (bicyclic) bond motifs is 1. The Balaban J connectivity index is 1.70. The number of anilines is 2. The van der Waals surface area contributed by atoms with E-state index in [-0.39, 0.29) is 11.9 Å². The molecule has 4 aromatic rings. The molecule has 0 saturated heterocycles. The molecule has 7 heteroatoms. The van der Waals surface area contributed by atoms with Crippen molar-refractivity contribution in [1.29, 1.82) is 0 Å². The summed E-state index contributed by atoms with van der Waals surface area (Å²) >= 11 is 0. The highest BCUT2D eigenvalue weighted by Crippen LogP contribution is 2.26. The Hall–Kier alpha value is -3.74. The minimum Gasteiger partial charge on any atom is -0.348 e. The van der Waals surface area contributed by atoms with Gasteiger partial charge in [0, 0.05) is 23.1 Å². The number of H-pyrrole nitrogens is 1. The van der Waals surface area contributed by atoms with Gasteiger partial charge in [-0.15, -0.1) is 0 Å². The molecule has 0 bridgehead atoms. The number of hydrogen-bond acceptors (Lipinski definition) is 5. The Morgan fingerprint density at radius 3 is 2.54 bits per heavy atom. The van der Waals surface area contributed by atoms with Crippen LogP contribution in [0, 0.1) is 0 Å². The molecular weight excluding hydrogens is 352 g/mol. The average Bonchev–Trinajstić information content (AvgIpc) is 3.17. The van der Waals surface area contributed by atoms with E-state index in [1.165, 1.54) is 0 Å². The number of rotatable bonds is 5. The number of amides is 1. The quantitative estimate of drug-likeness (QED) is 0.494. The van der Waals surface area contributed by atoms with Crippen molar-refractivity contribution in [3.63, 3.8) is 0 Å². The second kappa shape index (κ2) is 7.48. The van der Waals surface area contributed by atoms with E-state index in [0.29, 0.717) is 23.2 Å². The van der Waals surface area contributed by atoms with Gasteiger partial charge in [0.05, 0.1) is 5.52 Å². The fraction of sp³-hybridized carbons (Fsp3) is 0.143. The van der Waals surface area contributed by atoms with Crippen LogP contribution < -0.4 is 10.6 Å². The highest BCUT2D eigenvalue weighted by atomic mass is 16.2. The molecule has 0 aliphatic carbocycles. The van der Waals surface area contributed by atoms with E-state index in [9.17, 15) is 4.79 Å². The number of carbonyl (C=O) groups is 1. The van der Waals surface area contributed by atoms with Crippen LogP contribution in [-0.2, 0) is 0 Å². The maximum Gasteiger partial charge on any atom is 0.272 e. The van der Waals surface area contributed by atoms with Gasteiger partial charge in [-0.2, -0.15) is 5.10 Å². The van der Waals surface area contributed by atoms with Crippen molar-refractivity contribution in [2.75, 3.05) is 5.32 Å². The average molecular weight is 372 g/mol. The molecule has 0 spiro atoms. The third kappa shape index (κ3) is 3.68. The molecule has 0 aliphatic heterocycles. The van der Waals surface area contributed by atoms with Crippen molar-refractivity contribution in [2.24, 2.45) is 0 Å². The Labute approximate surface area is 162 Å². The normalized spacial score (nSPS) is 11.0. The van der Waals surface area contributed by atoms with Crippen LogP contribution in [0.1, 0.15) is 24.3 Å². The number of para-hydroxylation sites is 1. The highest BCUT2D eigenvalue weighted by molar-refractivity contribution is 5.94. The lowest BCUT2D eigenvalue weighted by molar-refractivity contribution is 0.0938. The predicted octanol–water partition coefficient (Wildman–Crippen LogP) is 3.90. The second-order valence-electron chi connectivity index (χ2n) is 6.70. The first-order valence-corrected chi connectivity index (χ1v) is 9.05. The van der Waals surface area contributed by atoms with E-state index in [2.05, 4.69) is 25.8 Å². The topological polar surface area (TPSA) is 95.6 Å². The minimum atomic E-state index is -0.225. The molecule has 3 N–H and O–H groups in total. The Bertz CT molecular complexity index is 1120. The fourth-order valence-electron chi connectivity index (χ4n) is 2.85. The van der Waals surface area contributed by atoms with E-state index in [1.54, 1.807) is 6.07 Å². The van der Waals surface area contributed by atoms with E-state index in [4.69, 9.17) is 4.98 Å². The molecule has 2 aromatic carbocycles. The van der Waals surface area contributed by atoms with Crippen molar-refractivity contribution < 1.29 is 4.79 Å². The van der Waals surface area contributed by atoms with Gasteiger partial charge in [-0.3, -0.25) is 9.89 Å². The number of carbonyl (C=O) groups excluding carboxylic acids is 1. The van der Waals surface area contributed by atoms with Gasteiger partial charge in [0.15, 0.2) is 11.5 Å². The molecule has 0 radical (unpaired) electrons. The number of aromatic nitrogens is 4. The van der Waals surface area contributed by atoms with Crippen molar-refractivity contribution in [3.8, 4) is 11.4 Å². The smallest absolute Gasteiger partial charge is 0.272 e. The van der Waals surface area contributed by atoms with Crippen molar-refractivity contribution in [1.82, 2.24) is 25.5 Å².